The zero-order valence-electron chi connectivity index (χ0n) is 12.5. The summed E-state index contributed by atoms with van der Waals surface area (Å²) in [4.78, 5) is 14.4. The molecule has 1 aromatic carbocycles. The van der Waals surface area contributed by atoms with E-state index in [0.717, 1.165) is 24.4 Å². The normalized spacial score (nSPS) is 19.9. The van der Waals surface area contributed by atoms with Gasteiger partial charge in [-0.15, -0.1) is 0 Å². The Kier molecular flexibility index (Phi) is 4.83. The van der Waals surface area contributed by atoms with Crippen LogP contribution in [0.3, 0.4) is 0 Å². The fourth-order valence-corrected chi connectivity index (χ4v) is 2.57. The van der Waals surface area contributed by atoms with Gasteiger partial charge in [-0.05, 0) is 44.7 Å². The summed E-state index contributed by atoms with van der Waals surface area (Å²) in [6.45, 7) is 7.59. The standard InChI is InChI=1S/C17H23NO2/c1-4-9-18-10-8-17(19)16(12-18)14-6-5-7-15(11-14)20-13(2)3/h4-7,9,11,13,16H,8,10,12H2,1-3H3. The zero-order valence-corrected chi connectivity index (χ0v) is 12.5. The number of likely N-dealkylation sites (tertiary alicyclic amines) is 1. The van der Waals surface area contributed by atoms with Gasteiger partial charge < -0.3 is 9.64 Å². The maximum Gasteiger partial charge on any atom is 0.143 e. The zero-order chi connectivity index (χ0) is 14.5. The predicted octanol–water partition coefficient (Wildman–Crippen LogP) is 3.37. The van der Waals surface area contributed by atoms with Crippen LogP contribution in [0.5, 0.6) is 5.75 Å². The van der Waals surface area contributed by atoms with Gasteiger partial charge >= 0.3 is 0 Å². The number of ketones is 1. The van der Waals surface area contributed by atoms with Crippen molar-refractivity contribution in [1.82, 2.24) is 4.90 Å². The van der Waals surface area contributed by atoms with Crippen molar-refractivity contribution in [2.75, 3.05) is 13.1 Å². The first-order valence-electron chi connectivity index (χ1n) is 7.26. The number of ether oxygens (including phenoxy) is 1. The second kappa shape index (κ2) is 6.60. The highest BCUT2D eigenvalue weighted by molar-refractivity contribution is 5.87. The SMILES string of the molecule is CC=CN1CCC(=O)C(c2cccc(OC(C)C)c2)C1. The molecule has 0 aliphatic carbocycles. The highest BCUT2D eigenvalue weighted by Gasteiger charge is 2.27. The van der Waals surface area contributed by atoms with Gasteiger partial charge in [0.2, 0.25) is 0 Å². The molecule has 0 radical (unpaired) electrons. The minimum atomic E-state index is -0.0457. The quantitative estimate of drug-likeness (QED) is 0.842. The van der Waals surface area contributed by atoms with Gasteiger partial charge in [-0.2, -0.15) is 0 Å². The molecule has 0 N–H and O–H groups in total. The topological polar surface area (TPSA) is 29.5 Å². The van der Waals surface area contributed by atoms with Gasteiger partial charge in [0.25, 0.3) is 0 Å². The molecular formula is C17H23NO2. The first-order chi connectivity index (χ1) is 9.60. The van der Waals surface area contributed by atoms with Gasteiger partial charge in [0.05, 0.1) is 12.0 Å². The Labute approximate surface area is 121 Å². The van der Waals surface area contributed by atoms with E-state index in [1.165, 1.54) is 0 Å². The first-order valence-corrected chi connectivity index (χ1v) is 7.26. The molecule has 20 heavy (non-hydrogen) atoms. The number of allylic oxidation sites excluding steroid dienone is 1. The Bertz CT molecular complexity index is 494. The summed E-state index contributed by atoms with van der Waals surface area (Å²) < 4.78 is 5.72. The maximum atomic E-state index is 12.2. The van der Waals surface area contributed by atoms with Gasteiger partial charge in [0, 0.05) is 19.5 Å². The molecule has 1 aliphatic heterocycles. The van der Waals surface area contributed by atoms with Gasteiger partial charge in [-0.3, -0.25) is 4.79 Å². The molecule has 0 aromatic heterocycles. The van der Waals surface area contributed by atoms with E-state index in [1.54, 1.807) is 0 Å². The largest absolute Gasteiger partial charge is 0.491 e. The molecule has 2 rings (SSSR count). The Balaban J connectivity index is 2.18. The van der Waals surface area contributed by atoms with Crippen LogP contribution in [0.15, 0.2) is 36.5 Å². The van der Waals surface area contributed by atoms with Crippen molar-refractivity contribution in [2.45, 2.75) is 39.2 Å². The number of hydrogen-bond donors (Lipinski definition) is 0. The van der Waals surface area contributed by atoms with Crippen LogP contribution in [0.1, 0.15) is 38.7 Å². The Hall–Kier alpha value is -1.77. The molecule has 0 amide bonds. The Morgan fingerprint density at radius 2 is 2.20 bits per heavy atom. The van der Waals surface area contributed by atoms with Crippen molar-refractivity contribution in [3.05, 3.63) is 42.1 Å². The number of hydrogen-bond acceptors (Lipinski definition) is 3. The summed E-state index contributed by atoms with van der Waals surface area (Å²) in [5.41, 5.74) is 1.06. The van der Waals surface area contributed by atoms with E-state index in [2.05, 4.69) is 11.1 Å². The smallest absolute Gasteiger partial charge is 0.143 e. The second-order valence-corrected chi connectivity index (χ2v) is 5.49. The molecule has 1 heterocycles. The van der Waals surface area contributed by atoms with Crippen LogP contribution in [0.4, 0.5) is 0 Å². The van der Waals surface area contributed by atoms with Gasteiger partial charge in [0.1, 0.15) is 11.5 Å². The second-order valence-electron chi connectivity index (χ2n) is 5.49. The number of benzene rings is 1. The minimum Gasteiger partial charge on any atom is -0.491 e. The summed E-state index contributed by atoms with van der Waals surface area (Å²) in [7, 11) is 0. The Morgan fingerprint density at radius 1 is 1.40 bits per heavy atom. The minimum absolute atomic E-state index is 0.0457. The third-order valence-electron chi connectivity index (χ3n) is 3.44. The molecule has 1 aromatic rings. The number of carbonyl (C=O) groups excluding carboxylic acids is 1. The summed E-state index contributed by atoms with van der Waals surface area (Å²) in [6, 6.07) is 7.94. The van der Waals surface area contributed by atoms with Crippen molar-refractivity contribution in [3.63, 3.8) is 0 Å². The molecule has 0 bridgehead atoms. The van der Waals surface area contributed by atoms with Crippen molar-refractivity contribution in [2.24, 2.45) is 0 Å². The van der Waals surface area contributed by atoms with E-state index in [1.807, 2.05) is 51.1 Å². The summed E-state index contributed by atoms with van der Waals surface area (Å²) in [5, 5.41) is 0. The fraction of sp³-hybridized carbons (Fsp3) is 0.471. The van der Waals surface area contributed by atoms with E-state index in [0.29, 0.717) is 12.2 Å². The van der Waals surface area contributed by atoms with Crippen molar-refractivity contribution in [1.29, 1.82) is 0 Å². The lowest BCUT2D eigenvalue weighted by Crippen LogP contribution is -2.36. The molecule has 0 saturated carbocycles. The molecule has 1 atom stereocenters. The number of nitrogens with zero attached hydrogens (tertiary/aromatic N) is 1. The van der Waals surface area contributed by atoms with Gasteiger partial charge in [-0.25, -0.2) is 0 Å². The lowest BCUT2D eigenvalue weighted by atomic mass is 9.89. The van der Waals surface area contributed by atoms with Crippen LogP contribution in [0, 0.1) is 0 Å². The summed E-state index contributed by atoms with van der Waals surface area (Å²) in [5.74, 6) is 1.12. The number of piperidine rings is 1. The molecular weight excluding hydrogens is 250 g/mol. The summed E-state index contributed by atoms with van der Waals surface area (Å²) >= 11 is 0. The highest BCUT2D eigenvalue weighted by Crippen LogP contribution is 2.27. The van der Waals surface area contributed by atoms with E-state index in [-0.39, 0.29) is 12.0 Å². The lowest BCUT2D eigenvalue weighted by molar-refractivity contribution is -0.122. The molecule has 108 valence electrons. The van der Waals surface area contributed by atoms with Crippen molar-refractivity contribution >= 4 is 5.78 Å². The van der Waals surface area contributed by atoms with Crippen LogP contribution in [0.2, 0.25) is 0 Å². The van der Waals surface area contributed by atoms with Crippen molar-refractivity contribution in [3.8, 4) is 5.75 Å². The number of Topliss-reactive ketones (excluding diaryl/α,β-unsaturated/α-hetero) is 1. The van der Waals surface area contributed by atoms with E-state index in [4.69, 9.17) is 4.74 Å². The molecule has 1 aliphatic rings. The van der Waals surface area contributed by atoms with Crippen LogP contribution in [-0.4, -0.2) is 29.9 Å². The Morgan fingerprint density at radius 3 is 2.90 bits per heavy atom. The molecule has 1 fully saturated rings. The fourth-order valence-electron chi connectivity index (χ4n) is 2.57. The molecule has 3 heteroatoms. The lowest BCUT2D eigenvalue weighted by Gasteiger charge is -2.31. The van der Waals surface area contributed by atoms with Crippen LogP contribution < -0.4 is 4.74 Å². The van der Waals surface area contributed by atoms with Gasteiger partial charge in [0.15, 0.2) is 0 Å². The van der Waals surface area contributed by atoms with E-state index < -0.39 is 0 Å². The monoisotopic (exact) mass is 273 g/mol. The molecule has 0 spiro atoms. The molecule has 1 unspecified atom stereocenters. The molecule has 1 saturated heterocycles. The van der Waals surface area contributed by atoms with E-state index in [9.17, 15) is 4.79 Å². The average Bonchev–Trinajstić information content (AvgIpc) is 2.41. The highest BCUT2D eigenvalue weighted by atomic mass is 16.5. The van der Waals surface area contributed by atoms with Crippen LogP contribution >= 0.6 is 0 Å². The first kappa shape index (κ1) is 14.6. The summed E-state index contributed by atoms with van der Waals surface area (Å²) in [6.07, 6.45) is 4.84. The molecule has 3 nitrogen and oxygen atoms in total. The number of rotatable bonds is 4. The predicted molar refractivity (Wildman–Crippen MR) is 81.0 cm³/mol. The van der Waals surface area contributed by atoms with Crippen molar-refractivity contribution < 1.29 is 9.53 Å². The van der Waals surface area contributed by atoms with E-state index >= 15 is 0 Å². The van der Waals surface area contributed by atoms with Gasteiger partial charge in [-0.1, -0.05) is 18.2 Å². The third-order valence-corrected chi connectivity index (χ3v) is 3.44. The third kappa shape index (κ3) is 3.62. The average molecular weight is 273 g/mol. The van der Waals surface area contributed by atoms with Crippen LogP contribution in [-0.2, 0) is 4.79 Å². The maximum absolute atomic E-state index is 12.2. The van der Waals surface area contributed by atoms with Crippen LogP contribution in [0.25, 0.3) is 0 Å². The number of carbonyl (C=O) groups is 1.